The van der Waals surface area contributed by atoms with Gasteiger partial charge in [-0.15, -0.1) is 0 Å². The minimum atomic E-state index is -0.595. The second-order valence-electron chi connectivity index (χ2n) is 8.28. The van der Waals surface area contributed by atoms with Crippen molar-refractivity contribution in [3.63, 3.8) is 0 Å². The third-order valence-electron chi connectivity index (χ3n) is 6.27. The lowest BCUT2D eigenvalue weighted by Crippen LogP contribution is -2.36. The highest BCUT2D eigenvalue weighted by molar-refractivity contribution is 5.99. The number of methoxy groups -OCH3 is 2. The Labute approximate surface area is 185 Å². The summed E-state index contributed by atoms with van der Waals surface area (Å²) in [5.74, 6) is 0.913. The summed E-state index contributed by atoms with van der Waals surface area (Å²) in [4.78, 5) is 28.8. The molecule has 1 fully saturated rings. The van der Waals surface area contributed by atoms with Gasteiger partial charge in [0.1, 0.15) is 5.58 Å². The fourth-order valence-electron chi connectivity index (χ4n) is 4.70. The van der Waals surface area contributed by atoms with Crippen molar-refractivity contribution in [3.05, 3.63) is 69.1 Å². The van der Waals surface area contributed by atoms with Crippen molar-refractivity contribution in [1.82, 2.24) is 4.90 Å². The van der Waals surface area contributed by atoms with Gasteiger partial charge in [-0.05, 0) is 49.6 Å². The first kappa shape index (κ1) is 20.6. The Morgan fingerprint density at radius 1 is 1.06 bits per heavy atom. The SMILES string of the molecule is COc1ccc([C@@H]2c3c(oc4ccc(C)cc4c3=O)C(=O)N2C[C@H]2CCCO2)cc1OC. The average Bonchev–Trinajstić information content (AvgIpc) is 3.41. The van der Waals surface area contributed by atoms with Crippen molar-refractivity contribution in [3.8, 4) is 11.5 Å². The Kier molecular flexibility index (Phi) is 5.13. The van der Waals surface area contributed by atoms with Crippen molar-refractivity contribution in [2.24, 2.45) is 0 Å². The molecule has 5 rings (SSSR count). The van der Waals surface area contributed by atoms with E-state index in [1.54, 1.807) is 37.3 Å². The molecule has 0 unspecified atom stereocenters. The molecule has 1 amide bonds. The van der Waals surface area contributed by atoms with Crippen LogP contribution in [-0.2, 0) is 4.74 Å². The van der Waals surface area contributed by atoms with Crippen LogP contribution in [0.25, 0.3) is 11.0 Å². The fourth-order valence-corrected chi connectivity index (χ4v) is 4.70. The Hall–Kier alpha value is -3.32. The van der Waals surface area contributed by atoms with E-state index in [0.29, 0.717) is 41.2 Å². The monoisotopic (exact) mass is 435 g/mol. The molecule has 2 aliphatic rings. The van der Waals surface area contributed by atoms with Gasteiger partial charge < -0.3 is 23.5 Å². The van der Waals surface area contributed by atoms with E-state index in [4.69, 9.17) is 18.6 Å². The summed E-state index contributed by atoms with van der Waals surface area (Å²) in [5, 5.41) is 0.473. The lowest BCUT2D eigenvalue weighted by atomic mass is 9.97. The van der Waals surface area contributed by atoms with Crippen LogP contribution in [0.15, 0.2) is 45.6 Å². The number of benzene rings is 2. The van der Waals surface area contributed by atoms with E-state index < -0.39 is 6.04 Å². The first-order chi connectivity index (χ1) is 15.5. The maximum atomic E-state index is 13.6. The number of carbonyl (C=O) groups is 1. The molecule has 0 N–H and O–H groups in total. The summed E-state index contributed by atoms with van der Waals surface area (Å²) in [6.45, 7) is 2.99. The van der Waals surface area contributed by atoms with Gasteiger partial charge in [0.25, 0.3) is 5.91 Å². The van der Waals surface area contributed by atoms with Gasteiger partial charge in [-0.2, -0.15) is 0 Å². The summed E-state index contributed by atoms with van der Waals surface area (Å²) >= 11 is 0. The van der Waals surface area contributed by atoms with Gasteiger partial charge in [-0.1, -0.05) is 17.7 Å². The Morgan fingerprint density at radius 3 is 2.59 bits per heavy atom. The number of nitrogens with zero attached hydrogens (tertiary/aromatic N) is 1. The minimum absolute atomic E-state index is 0.0670. The van der Waals surface area contributed by atoms with E-state index in [2.05, 4.69) is 0 Å². The molecular formula is C25H25NO6. The zero-order valence-corrected chi connectivity index (χ0v) is 18.3. The summed E-state index contributed by atoms with van der Waals surface area (Å²) in [7, 11) is 3.13. The zero-order valence-electron chi connectivity index (χ0n) is 18.3. The fraction of sp³-hybridized carbons (Fsp3) is 0.360. The lowest BCUT2D eigenvalue weighted by Gasteiger charge is -2.27. The summed E-state index contributed by atoms with van der Waals surface area (Å²) in [5.41, 5.74) is 2.30. The molecular weight excluding hydrogens is 410 g/mol. The minimum Gasteiger partial charge on any atom is -0.493 e. The summed E-state index contributed by atoms with van der Waals surface area (Å²) in [6.07, 6.45) is 1.77. The highest BCUT2D eigenvalue weighted by Crippen LogP contribution is 2.41. The van der Waals surface area contributed by atoms with Crippen LogP contribution in [0.5, 0.6) is 11.5 Å². The molecule has 0 aliphatic carbocycles. The van der Waals surface area contributed by atoms with Crippen LogP contribution in [0.4, 0.5) is 0 Å². The summed E-state index contributed by atoms with van der Waals surface area (Å²) in [6, 6.07) is 10.3. The van der Waals surface area contributed by atoms with Crippen LogP contribution in [0.3, 0.4) is 0 Å². The second kappa shape index (κ2) is 7.98. The zero-order chi connectivity index (χ0) is 22.4. The predicted octanol–water partition coefficient (Wildman–Crippen LogP) is 3.84. The lowest BCUT2D eigenvalue weighted by molar-refractivity contribution is 0.0486. The number of fused-ring (bicyclic) bond motifs is 2. The molecule has 0 spiro atoms. The van der Waals surface area contributed by atoms with Crippen LogP contribution in [0.2, 0.25) is 0 Å². The van der Waals surface area contributed by atoms with E-state index in [9.17, 15) is 9.59 Å². The predicted molar refractivity (Wildman–Crippen MR) is 119 cm³/mol. The van der Waals surface area contributed by atoms with Gasteiger partial charge >= 0.3 is 0 Å². The first-order valence-corrected chi connectivity index (χ1v) is 10.7. The maximum absolute atomic E-state index is 13.6. The number of rotatable bonds is 5. The topological polar surface area (TPSA) is 78.2 Å². The van der Waals surface area contributed by atoms with Gasteiger partial charge in [-0.3, -0.25) is 9.59 Å². The normalized spacial score (nSPS) is 20.1. The number of hydrogen-bond donors (Lipinski definition) is 0. The molecule has 3 heterocycles. The van der Waals surface area contributed by atoms with E-state index in [-0.39, 0.29) is 23.2 Å². The first-order valence-electron chi connectivity index (χ1n) is 10.7. The number of hydrogen-bond acceptors (Lipinski definition) is 6. The van der Waals surface area contributed by atoms with Crippen molar-refractivity contribution < 1.29 is 23.4 Å². The highest BCUT2D eigenvalue weighted by Gasteiger charge is 2.44. The molecule has 2 atom stereocenters. The van der Waals surface area contributed by atoms with Crippen LogP contribution in [0, 0.1) is 6.92 Å². The molecule has 0 bridgehead atoms. The number of amides is 1. The van der Waals surface area contributed by atoms with Crippen molar-refractivity contribution in [1.29, 1.82) is 0 Å². The Bertz CT molecular complexity index is 1260. The van der Waals surface area contributed by atoms with Crippen LogP contribution in [-0.4, -0.2) is 44.3 Å². The standard InChI is InChI=1S/C25H25NO6/c1-14-6-8-18-17(11-14)23(27)21-22(15-7-9-19(29-2)20(12-15)30-3)26(25(28)24(21)32-18)13-16-5-4-10-31-16/h6-9,11-12,16,22H,4-5,10,13H2,1-3H3/t16-,22-/m1/s1. The van der Waals surface area contributed by atoms with Crippen molar-refractivity contribution >= 4 is 16.9 Å². The van der Waals surface area contributed by atoms with Crippen LogP contribution >= 0.6 is 0 Å². The van der Waals surface area contributed by atoms with E-state index in [1.165, 1.54) is 0 Å². The van der Waals surface area contributed by atoms with Crippen molar-refractivity contribution in [2.75, 3.05) is 27.4 Å². The number of carbonyl (C=O) groups excluding carboxylic acids is 1. The third-order valence-corrected chi connectivity index (χ3v) is 6.27. The van der Waals surface area contributed by atoms with E-state index in [0.717, 1.165) is 24.0 Å². The van der Waals surface area contributed by atoms with Gasteiger partial charge in [0, 0.05) is 13.2 Å². The van der Waals surface area contributed by atoms with Gasteiger partial charge in [0.2, 0.25) is 5.76 Å². The number of ether oxygens (including phenoxy) is 3. The largest absolute Gasteiger partial charge is 0.493 e. The Balaban J connectivity index is 1.71. The van der Waals surface area contributed by atoms with Crippen LogP contribution < -0.4 is 14.9 Å². The smallest absolute Gasteiger partial charge is 0.291 e. The van der Waals surface area contributed by atoms with Gasteiger partial charge in [-0.25, -0.2) is 0 Å². The highest BCUT2D eigenvalue weighted by atomic mass is 16.5. The third kappa shape index (κ3) is 3.24. The average molecular weight is 435 g/mol. The maximum Gasteiger partial charge on any atom is 0.291 e. The second-order valence-corrected chi connectivity index (χ2v) is 8.28. The molecule has 7 heteroatoms. The molecule has 166 valence electrons. The Morgan fingerprint density at radius 2 is 1.88 bits per heavy atom. The van der Waals surface area contributed by atoms with E-state index in [1.807, 2.05) is 25.1 Å². The van der Waals surface area contributed by atoms with E-state index >= 15 is 0 Å². The molecule has 1 saturated heterocycles. The summed E-state index contributed by atoms with van der Waals surface area (Å²) < 4.78 is 22.7. The molecule has 32 heavy (non-hydrogen) atoms. The van der Waals surface area contributed by atoms with Crippen molar-refractivity contribution in [2.45, 2.75) is 31.9 Å². The van der Waals surface area contributed by atoms with Gasteiger partial charge in [0.15, 0.2) is 16.9 Å². The molecule has 0 radical (unpaired) electrons. The molecule has 1 aromatic heterocycles. The molecule has 2 aliphatic heterocycles. The molecule has 7 nitrogen and oxygen atoms in total. The quantitative estimate of drug-likeness (QED) is 0.606. The molecule has 0 saturated carbocycles. The van der Waals surface area contributed by atoms with Crippen LogP contribution in [0.1, 0.15) is 46.1 Å². The van der Waals surface area contributed by atoms with Gasteiger partial charge in [0.05, 0.1) is 37.3 Å². The molecule has 2 aromatic carbocycles. The number of aryl methyl sites for hydroxylation is 1. The molecule has 3 aromatic rings.